The zero-order valence-corrected chi connectivity index (χ0v) is 16.2. The monoisotopic (exact) mass is 387 g/mol. The fraction of sp³-hybridized carbons (Fsp3) is 0.316. The Morgan fingerprint density at radius 1 is 1.37 bits per heavy atom. The molecule has 3 aromatic rings. The highest BCUT2D eigenvalue weighted by molar-refractivity contribution is 7.09. The van der Waals surface area contributed by atoms with E-state index in [2.05, 4.69) is 21.8 Å². The van der Waals surface area contributed by atoms with E-state index in [4.69, 9.17) is 9.84 Å². The second-order valence-electron chi connectivity index (χ2n) is 6.11. The zero-order chi connectivity index (χ0) is 19.6. The van der Waals surface area contributed by atoms with E-state index >= 15 is 0 Å². The molecule has 0 bridgehead atoms. The molecule has 0 atom stereocenters. The number of carboxylic acid groups (broad SMARTS) is 1. The summed E-state index contributed by atoms with van der Waals surface area (Å²) in [5.74, 6) is -0.599. The number of hydrogen-bond donors (Lipinski definition) is 2. The van der Waals surface area contributed by atoms with Gasteiger partial charge in [-0.1, -0.05) is 6.92 Å². The standard InChI is InChI=1S/C19H21N3O4S/c1-4-7-22-11(2)17(13-8-12(26-3)5-6-15(13)22)18(23)20-9-16-21-14(10-27-16)19(24)25/h5-6,8,10H,4,7,9H2,1-3H3,(H,20,23)(H,24,25). The van der Waals surface area contributed by atoms with Crippen molar-refractivity contribution in [2.24, 2.45) is 0 Å². The van der Waals surface area contributed by atoms with Gasteiger partial charge in [-0.25, -0.2) is 9.78 Å². The van der Waals surface area contributed by atoms with Gasteiger partial charge in [-0.3, -0.25) is 4.79 Å². The summed E-state index contributed by atoms with van der Waals surface area (Å²) < 4.78 is 7.45. The molecule has 0 saturated carbocycles. The lowest BCUT2D eigenvalue weighted by Gasteiger charge is -2.07. The van der Waals surface area contributed by atoms with Crippen molar-refractivity contribution in [3.63, 3.8) is 0 Å². The lowest BCUT2D eigenvalue weighted by atomic mass is 10.1. The van der Waals surface area contributed by atoms with E-state index in [1.165, 1.54) is 16.7 Å². The minimum absolute atomic E-state index is 0.00952. The van der Waals surface area contributed by atoms with Crippen molar-refractivity contribution in [1.29, 1.82) is 0 Å². The highest BCUT2D eigenvalue weighted by Crippen LogP contribution is 2.29. The average Bonchev–Trinajstić information content (AvgIpc) is 3.23. The lowest BCUT2D eigenvalue weighted by molar-refractivity contribution is 0.0691. The quantitative estimate of drug-likeness (QED) is 0.648. The summed E-state index contributed by atoms with van der Waals surface area (Å²) in [4.78, 5) is 27.8. The van der Waals surface area contributed by atoms with Crippen LogP contribution >= 0.6 is 11.3 Å². The predicted molar refractivity (Wildman–Crippen MR) is 104 cm³/mol. The molecular weight excluding hydrogens is 366 g/mol. The van der Waals surface area contributed by atoms with Crippen LogP contribution in [0.3, 0.4) is 0 Å². The second kappa shape index (κ2) is 7.79. The third kappa shape index (κ3) is 3.66. The largest absolute Gasteiger partial charge is 0.497 e. The molecule has 2 N–H and O–H groups in total. The van der Waals surface area contributed by atoms with Crippen molar-refractivity contribution in [3.8, 4) is 5.75 Å². The summed E-state index contributed by atoms with van der Waals surface area (Å²) in [5, 5.41) is 14.7. The number of aryl methyl sites for hydroxylation is 1. The van der Waals surface area contributed by atoms with Crippen LogP contribution in [0.4, 0.5) is 0 Å². The fourth-order valence-corrected chi connectivity index (χ4v) is 3.83. The van der Waals surface area contributed by atoms with Crippen LogP contribution in [0.15, 0.2) is 23.6 Å². The molecule has 2 heterocycles. The van der Waals surface area contributed by atoms with Gasteiger partial charge < -0.3 is 19.7 Å². The van der Waals surface area contributed by atoms with Crippen molar-refractivity contribution in [1.82, 2.24) is 14.9 Å². The highest BCUT2D eigenvalue weighted by Gasteiger charge is 2.20. The van der Waals surface area contributed by atoms with Gasteiger partial charge in [0, 0.05) is 28.5 Å². The molecule has 1 amide bonds. The Labute approximate surface area is 160 Å². The van der Waals surface area contributed by atoms with Gasteiger partial charge in [0.25, 0.3) is 5.91 Å². The third-order valence-electron chi connectivity index (χ3n) is 4.38. The number of rotatable bonds is 7. The molecular formula is C19H21N3O4S. The molecule has 8 heteroatoms. The maximum absolute atomic E-state index is 12.9. The van der Waals surface area contributed by atoms with Crippen LogP contribution in [0.5, 0.6) is 5.75 Å². The van der Waals surface area contributed by atoms with Crippen LogP contribution in [-0.4, -0.2) is 33.6 Å². The normalized spacial score (nSPS) is 10.9. The first-order valence-corrected chi connectivity index (χ1v) is 9.47. The number of nitrogens with zero attached hydrogens (tertiary/aromatic N) is 2. The molecule has 0 spiro atoms. The summed E-state index contributed by atoms with van der Waals surface area (Å²) >= 11 is 1.21. The first-order chi connectivity index (χ1) is 13.0. The molecule has 0 unspecified atom stereocenters. The van der Waals surface area contributed by atoms with E-state index in [-0.39, 0.29) is 18.1 Å². The summed E-state index contributed by atoms with van der Waals surface area (Å²) in [6.45, 7) is 5.02. The minimum Gasteiger partial charge on any atom is -0.497 e. The van der Waals surface area contributed by atoms with Crippen molar-refractivity contribution in [2.75, 3.05) is 7.11 Å². The summed E-state index contributed by atoms with van der Waals surface area (Å²) in [6, 6.07) is 5.72. The third-order valence-corrected chi connectivity index (χ3v) is 5.22. The Morgan fingerprint density at radius 3 is 2.78 bits per heavy atom. The molecule has 0 saturated heterocycles. The number of ether oxygens (including phenoxy) is 1. The number of carboxylic acids is 1. The molecule has 142 valence electrons. The molecule has 2 aromatic heterocycles. The lowest BCUT2D eigenvalue weighted by Crippen LogP contribution is -2.23. The maximum Gasteiger partial charge on any atom is 0.355 e. The first kappa shape index (κ1) is 18.9. The maximum atomic E-state index is 12.9. The number of aromatic carboxylic acids is 1. The summed E-state index contributed by atoms with van der Waals surface area (Å²) in [5.41, 5.74) is 2.47. The van der Waals surface area contributed by atoms with Crippen molar-refractivity contribution in [2.45, 2.75) is 33.4 Å². The number of benzene rings is 1. The summed E-state index contributed by atoms with van der Waals surface area (Å²) in [7, 11) is 1.60. The van der Waals surface area contributed by atoms with Gasteiger partial charge in [0.15, 0.2) is 5.69 Å². The summed E-state index contributed by atoms with van der Waals surface area (Å²) in [6.07, 6.45) is 0.953. The molecule has 0 aliphatic carbocycles. The van der Waals surface area contributed by atoms with Gasteiger partial charge in [-0.05, 0) is 31.5 Å². The van der Waals surface area contributed by atoms with Gasteiger partial charge >= 0.3 is 5.97 Å². The number of methoxy groups -OCH3 is 1. The highest BCUT2D eigenvalue weighted by atomic mass is 32.1. The fourth-order valence-electron chi connectivity index (χ4n) is 3.12. The SMILES string of the molecule is CCCn1c(C)c(C(=O)NCc2nc(C(=O)O)cs2)c2cc(OC)ccc21. The number of thiazole rings is 1. The molecule has 0 fully saturated rings. The first-order valence-electron chi connectivity index (χ1n) is 8.59. The topological polar surface area (TPSA) is 93.5 Å². The van der Waals surface area contributed by atoms with E-state index in [0.717, 1.165) is 29.6 Å². The van der Waals surface area contributed by atoms with Gasteiger partial charge in [0.05, 0.1) is 19.2 Å². The Balaban J connectivity index is 1.92. The Morgan fingerprint density at radius 2 is 2.15 bits per heavy atom. The number of fused-ring (bicyclic) bond motifs is 1. The van der Waals surface area contributed by atoms with E-state index in [9.17, 15) is 9.59 Å². The van der Waals surface area contributed by atoms with Crippen LogP contribution < -0.4 is 10.1 Å². The second-order valence-corrected chi connectivity index (χ2v) is 7.05. The molecule has 27 heavy (non-hydrogen) atoms. The van der Waals surface area contributed by atoms with Crippen LogP contribution in [0.2, 0.25) is 0 Å². The van der Waals surface area contributed by atoms with Gasteiger partial charge in [-0.2, -0.15) is 0 Å². The van der Waals surface area contributed by atoms with Crippen LogP contribution in [0.25, 0.3) is 10.9 Å². The smallest absolute Gasteiger partial charge is 0.355 e. The molecule has 7 nitrogen and oxygen atoms in total. The molecule has 0 aliphatic heterocycles. The number of carbonyl (C=O) groups excluding carboxylic acids is 1. The Hall–Kier alpha value is -2.87. The van der Waals surface area contributed by atoms with Crippen LogP contribution in [-0.2, 0) is 13.1 Å². The minimum atomic E-state index is -1.07. The predicted octanol–water partition coefficient (Wildman–Crippen LogP) is 3.45. The number of nitrogens with one attached hydrogen (secondary N) is 1. The van der Waals surface area contributed by atoms with E-state index in [1.807, 2.05) is 25.1 Å². The zero-order valence-electron chi connectivity index (χ0n) is 15.4. The Bertz CT molecular complexity index is 1010. The molecule has 0 aliphatic rings. The number of hydrogen-bond acceptors (Lipinski definition) is 5. The average molecular weight is 387 g/mol. The molecule has 3 rings (SSSR count). The van der Waals surface area contributed by atoms with Gasteiger partial charge in [0.2, 0.25) is 0 Å². The Kier molecular flexibility index (Phi) is 5.46. The van der Waals surface area contributed by atoms with Gasteiger partial charge in [-0.15, -0.1) is 11.3 Å². The van der Waals surface area contributed by atoms with E-state index in [1.54, 1.807) is 7.11 Å². The van der Waals surface area contributed by atoms with Crippen molar-refractivity contribution < 1.29 is 19.4 Å². The van der Waals surface area contributed by atoms with Crippen LogP contribution in [0.1, 0.15) is 44.9 Å². The van der Waals surface area contributed by atoms with Crippen LogP contribution in [0, 0.1) is 6.92 Å². The van der Waals surface area contributed by atoms with E-state index in [0.29, 0.717) is 16.3 Å². The molecule has 1 aromatic carbocycles. The van der Waals surface area contributed by atoms with Gasteiger partial charge in [0.1, 0.15) is 10.8 Å². The van der Waals surface area contributed by atoms with Crippen molar-refractivity contribution >= 4 is 34.1 Å². The number of aromatic nitrogens is 2. The molecule has 0 radical (unpaired) electrons. The van der Waals surface area contributed by atoms with E-state index < -0.39 is 5.97 Å². The number of amides is 1. The van der Waals surface area contributed by atoms with Crippen molar-refractivity contribution in [3.05, 3.63) is 45.5 Å². The number of carbonyl (C=O) groups is 2.